The summed E-state index contributed by atoms with van der Waals surface area (Å²) in [6.45, 7) is 1.96. The lowest BCUT2D eigenvalue weighted by molar-refractivity contribution is -0.137. The first-order valence-electron chi connectivity index (χ1n) is 10.7. The Hall–Kier alpha value is -4.57. The van der Waals surface area contributed by atoms with Gasteiger partial charge < -0.3 is 19.8 Å². The largest absolute Gasteiger partial charge is 0.465 e. The van der Waals surface area contributed by atoms with E-state index in [0.717, 1.165) is 33.1 Å². The van der Waals surface area contributed by atoms with E-state index in [1.165, 1.54) is 13.2 Å². The number of esters is 2. The number of nitrogens with one attached hydrogen (secondary N) is 2. The molecule has 0 spiro atoms. The number of carbonyl (C=O) groups is 2. The van der Waals surface area contributed by atoms with Crippen LogP contribution in [0, 0.1) is 11.3 Å². The third kappa shape index (κ3) is 5.43. The number of para-hydroxylation sites is 2. The molecule has 0 amide bonds. The number of methoxy groups -OCH3 is 1. The number of ether oxygens (including phenoxy) is 2. The molecule has 7 nitrogen and oxygen atoms in total. The van der Waals surface area contributed by atoms with Crippen molar-refractivity contribution < 1.29 is 19.1 Å². The van der Waals surface area contributed by atoms with Gasteiger partial charge in [0.05, 0.1) is 24.8 Å². The SMILES string of the molecule is CCOC(=O)/C(C#N)=C/c1ccc(NC)cc1.COC(=O)c1cccc2c1[nH]c1ccccc12. The molecule has 0 radical (unpaired) electrons. The number of aromatic amines is 1. The average molecular weight is 456 g/mol. The Morgan fingerprint density at radius 2 is 1.74 bits per heavy atom. The monoisotopic (exact) mass is 455 g/mol. The van der Waals surface area contributed by atoms with Crippen LogP contribution in [0.3, 0.4) is 0 Å². The summed E-state index contributed by atoms with van der Waals surface area (Å²) in [4.78, 5) is 26.3. The van der Waals surface area contributed by atoms with Gasteiger partial charge in [0.25, 0.3) is 0 Å². The number of aromatic nitrogens is 1. The van der Waals surface area contributed by atoms with Crippen LogP contribution in [-0.4, -0.2) is 37.7 Å². The minimum absolute atomic E-state index is 0.00376. The lowest BCUT2D eigenvalue weighted by atomic mass is 10.1. The van der Waals surface area contributed by atoms with Crippen LogP contribution >= 0.6 is 0 Å². The maximum absolute atomic E-state index is 11.7. The topological polar surface area (TPSA) is 104 Å². The van der Waals surface area contributed by atoms with E-state index in [9.17, 15) is 9.59 Å². The number of H-pyrrole nitrogens is 1. The van der Waals surface area contributed by atoms with Gasteiger partial charge in [0.2, 0.25) is 0 Å². The molecule has 1 heterocycles. The molecule has 0 fully saturated rings. The first kappa shape index (κ1) is 24.1. The molecule has 0 aliphatic rings. The van der Waals surface area contributed by atoms with E-state index in [2.05, 4.69) is 10.3 Å². The van der Waals surface area contributed by atoms with Crippen LogP contribution in [-0.2, 0) is 14.3 Å². The molecule has 0 bridgehead atoms. The number of benzene rings is 3. The zero-order valence-electron chi connectivity index (χ0n) is 19.2. The summed E-state index contributed by atoms with van der Waals surface area (Å²) in [6.07, 6.45) is 1.51. The normalized spacial score (nSPS) is 10.7. The molecule has 172 valence electrons. The molecule has 3 aromatic carbocycles. The fourth-order valence-corrected chi connectivity index (χ4v) is 3.41. The molecule has 0 unspecified atom stereocenters. The van der Waals surface area contributed by atoms with E-state index in [4.69, 9.17) is 14.7 Å². The number of rotatable bonds is 5. The molecule has 0 saturated carbocycles. The van der Waals surface area contributed by atoms with Gasteiger partial charge in [-0.2, -0.15) is 5.26 Å². The molecular weight excluding hydrogens is 430 g/mol. The number of hydrogen-bond donors (Lipinski definition) is 2. The highest BCUT2D eigenvalue weighted by atomic mass is 16.5. The highest BCUT2D eigenvalue weighted by molar-refractivity contribution is 6.13. The van der Waals surface area contributed by atoms with Gasteiger partial charge in [-0.15, -0.1) is 0 Å². The van der Waals surface area contributed by atoms with E-state index in [0.29, 0.717) is 5.56 Å². The van der Waals surface area contributed by atoms with Crippen LogP contribution in [0.4, 0.5) is 5.69 Å². The van der Waals surface area contributed by atoms with Crippen molar-refractivity contribution >= 4 is 45.5 Å². The second-order valence-corrected chi connectivity index (χ2v) is 7.15. The van der Waals surface area contributed by atoms with Crippen LogP contribution in [0.1, 0.15) is 22.8 Å². The van der Waals surface area contributed by atoms with E-state index >= 15 is 0 Å². The van der Waals surface area contributed by atoms with Crippen LogP contribution < -0.4 is 5.32 Å². The van der Waals surface area contributed by atoms with Crippen LogP contribution in [0.5, 0.6) is 0 Å². The Morgan fingerprint density at radius 3 is 2.38 bits per heavy atom. The number of hydrogen-bond acceptors (Lipinski definition) is 6. The fourth-order valence-electron chi connectivity index (χ4n) is 3.41. The summed E-state index contributed by atoms with van der Waals surface area (Å²) in [5.41, 5.74) is 4.19. The molecule has 1 aromatic heterocycles. The molecule has 34 heavy (non-hydrogen) atoms. The van der Waals surface area contributed by atoms with Crippen molar-refractivity contribution in [3.8, 4) is 6.07 Å². The van der Waals surface area contributed by atoms with Crippen LogP contribution in [0.2, 0.25) is 0 Å². The zero-order valence-corrected chi connectivity index (χ0v) is 19.2. The van der Waals surface area contributed by atoms with Gasteiger partial charge in [0.1, 0.15) is 11.6 Å². The summed E-state index contributed by atoms with van der Waals surface area (Å²) < 4.78 is 9.55. The summed E-state index contributed by atoms with van der Waals surface area (Å²) >= 11 is 0. The smallest absolute Gasteiger partial charge is 0.348 e. The quantitative estimate of drug-likeness (QED) is 0.240. The Labute approximate surface area is 197 Å². The van der Waals surface area contributed by atoms with Crippen molar-refractivity contribution in [1.82, 2.24) is 4.98 Å². The minimum Gasteiger partial charge on any atom is -0.465 e. The predicted molar refractivity (Wildman–Crippen MR) is 133 cm³/mol. The third-order valence-electron chi connectivity index (χ3n) is 5.07. The second kappa shape index (κ2) is 11.3. The second-order valence-electron chi connectivity index (χ2n) is 7.15. The number of anilines is 1. The van der Waals surface area contributed by atoms with Crippen molar-refractivity contribution in [3.63, 3.8) is 0 Å². The van der Waals surface area contributed by atoms with E-state index < -0.39 is 5.97 Å². The Kier molecular flexibility index (Phi) is 8.03. The highest BCUT2D eigenvalue weighted by Gasteiger charge is 2.13. The van der Waals surface area contributed by atoms with Gasteiger partial charge >= 0.3 is 11.9 Å². The lowest BCUT2D eigenvalue weighted by Crippen LogP contribution is -2.05. The molecule has 0 aliphatic heterocycles. The fraction of sp³-hybridized carbons (Fsp3) is 0.148. The van der Waals surface area contributed by atoms with Crippen molar-refractivity contribution in [2.24, 2.45) is 0 Å². The Balaban J connectivity index is 0.000000191. The van der Waals surface area contributed by atoms with Crippen molar-refractivity contribution in [3.05, 3.63) is 83.4 Å². The zero-order chi connectivity index (χ0) is 24.5. The molecule has 0 aliphatic carbocycles. The van der Waals surface area contributed by atoms with Crippen LogP contribution in [0.25, 0.3) is 27.9 Å². The first-order chi connectivity index (χ1) is 16.5. The maximum atomic E-state index is 11.7. The first-order valence-corrected chi connectivity index (χ1v) is 10.7. The predicted octanol–water partition coefficient (Wildman–Crippen LogP) is 5.31. The van der Waals surface area contributed by atoms with Gasteiger partial charge in [-0.1, -0.05) is 42.5 Å². The van der Waals surface area contributed by atoms with Gasteiger partial charge in [-0.05, 0) is 42.8 Å². The number of carbonyl (C=O) groups excluding carboxylic acids is 2. The molecule has 2 N–H and O–H groups in total. The maximum Gasteiger partial charge on any atom is 0.348 e. The molecule has 0 saturated heterocycles. The number of nitrogens with zero attached hydrogens (tertiary/aromatic N) is 1. The van der Waals surface area contributed by atoms with Gasteiger partial charge in [-0.25, -0.2) is 9.59 Å². The molecule has 7 heteroatoms. The molecule has 4 aromatic rings. The number of fused-ring (bicyclic) bond motifs is 3. The molecule has 4 rings (SSSR count). The van der Waals surface area contributed by atoms with Gasteiger partial charge in [-0.3, -0.25) is 0 Å². The summed E-state index contributed by atoms with van der Waals surface area (Å²) in [5, 5.41) is 14.0. The van der Waals surface area contributed by atoms with E-state index in [-0.39, 0.29) is 18.1 Å². The van der Waals surface area contributed by atoms with Gasteiger partial charge in [0, 0.05) is 29.0 Å². The standard InChI is InChI=1S/C14H11NO2.C13H14N2O2/c1-17-14(16)11-7-4-6-10-9-5-2-3-8-12(9)15-13(10)11;1-3-17-13(16)11(9-14)8-10-4-6-12(15-2)7-5-10/h2-8,15H,1H3;4-8,15H,3H2,1-2H3/b;11-8+. The van der Waals surface area contributed by atoms with Crippen molar-refractivity contribution in [1.29, 1.82) is 5.26 Å². The van der Waals surface area contributed by atoms with E-state index in [1.807, 2.05) is 73.8 Å². The summed E-state index contributed by atoms with van der Waals surface area (Å²) in [7, 11) is 3.22. The summed E-state index contributed by atoms with van der Waals surface area (Å²) in [6, 6.07) is 22.8. The highest BCUT2D eigenvalue weighted by Crippen LogP contribution is 2.27. The lowest BCUT2D eigenvalue weighted by Gasteiger charge is -2.01. The van der Waals surface area contributed by atoms with Crippen molar-refractivity contribution in [2.75, 3.05) is 26.1 Å². The Bertz CT molecular complexity index is 1380. The van der Waals surface area contributed by atoms with E-state index in [1.54, 1.807) is 13.0 Å². The number of nitriles is 1. The Morgan fingerprint density at radius 1 is 1.03 bits per heavy atom. The van der Waals surface area contributed by atoms with Crippen LogP contribution in [0.15, 0.2) is 72.3 Å². The third-order valence-corrected chi connectivity index (χ3v) is 5.07. The van der Waals surface area contributed by atoms with Gasteiger partial charge in [0.15, 0.2) is 0 Å². The summed E-state index contributed by atoms with van der Waals surface area (Å²) in [5.74, 6) is -0.908. The minimum atomic E-state index is -0.590. The van der Waals surface area contributed by atoms with Crippen molar-refractivity contribution in [2.45, 2.75) is 6.92 Å². The average Bonchev–Trinajstić information content (AvgIpc) is 3.26. The molecule has 0 atom stereocenters. The molecular formula is C27H25N3O4.